The summed E-state index contributed by atoms with van der Waals surface area (Å²) in [6.07, 6.45) is 2.37. The number of ether oxygens (including phenoxy) is 1. The van der Waals surface area contributed by atoms with Crippen molar-refractivity contribution in [2.75, 3.05) is 26.7 Å². The van der Waals surface area contributed by atoms with Gasteiger partial charge in [-0.05, 0) is 67.9 Å². The van der Waals surface area contributed by atoms with Crippen LogP contribution in [0.5, 0.6) is 5.75 Å². The van der Waals surface area contributed by atoms with Crippen molar-refractivity contribution in [1.82, 2.24) is 10.2 Å². The molecule has 3 rings (SSSR count). The quantitative estimate of drug-likeness (QED) is 0.870. The highest BCUT2D eigenvalue weighted by Crippen LogP contribution is 2.27. The standard InChI is InChI=1S/C21H23N3O2/c1-26-19-6-4-5-18(13-19)20(24-11-2-3-12-24)15-23-21(25)17-9-7-16(14-22)8-10-17/h4-10,13,20H,2-3,11-12,15H2,1H3,(H,23,25). The molecule has 0 aromatic heterocycles. The number of nitrogens with zero attached hydrogens (tertiary/aromatic N) is 2. The van der Waals surface area contributed by atoms with Crippen LogP contribution < -0.4 is 10.1 Å². The van der Waals surface area contributed by atoms with Gasteiger partial charge >= 0.3 is 0 Å². The molecule has 2 aromatic carbocycles. The molecule has 26 heavy (non-hydrogen) atoms. The third kappa shape index (κ3) is 4.22. The highest BCUT2D eigenvalue weighted by atomic mass is 16.5. The lowest BCUT2D eigenvalue weighted by Gasteiger charge is -2.28. The lowest BCUT2D eigenvalue weighted by Crippen LogP contribution is -2.36. The lowest BCUT2D eigenvalue weighted by atomic mass is 10.0. The van der Waals surface area contributed by atoms with Crippen molar-refractivity contribution in [3.05, 3.63) is 65.2 Å². The molecule has 0 bridgehead atoms. The molecule has 0 spiro atoms. The first-order valence-electron chi connectivity index (χ1n) is 8.87. The van der Waals surface area contributed by atoms with Gasteiger partial charge in [0.1, 0.15) is 5.75 Å². The largest absolute Gasteiger partial charge is 0.497 e. The molecule has 0 radical (unpaired) electrons. The minimum Gasteiger partial charge on any atom is -0.497 e. The summed E-state index contributed by atoms with van der Waals surface area (Å²) < 4.78 is 5.35. The van der Waals surface area contributed by atoms with E-state index in [1.54, 1.807) is 31.4 Å². The third-order valence-corrected chi connectivity index (χ3v) is 4.79. The minimum absolute atomic E-state index is 0.120. The van der Waals surface area contributed by atoms with Crippen molar-refractivity contribution in [2.45, 2.75) is 18.9 Å². The molecule has 1 aliphatic rings. The number of nitriles is 1. The second-order valence-electron chi connectivity index (χ2n) is 6.43. The molecule has 0 saturated carbocycles. The van der Waals surface area contributed by atoms with Crippen LogP contribution in [0, 0.1) is 11.3 Å². The first-order chi connectivity index (χ1) is 12.7. The fraction of sp³-hybridized carbons (Fsp3) is 0.333. The van der Waals surface area contributed by atoms with Crippen LogP contribution in [-0.2, 0) is 0 Å². The maximum absolute atomic E-state index is 12.5. The zero-order chi connectivity index (χ0) is 18.4. The number of nitrogens with one attached hydrogen (secondary N) is 1. The van der Waals surface area contributed by atoms with E-state index >= 15 is 0 Å². The summed E-state index contributed by atoms with van der Waals surface area (Å²) in [6, 6.07) is 16.9. The van der Waals surface area contributed by atoms with E-state index in [0.717, 1.165) is 24.4 Å². The topological polar surface area (TPSA) is 65.4 Å². The number of carbonyl (C=O) groups is 1. The van der Waals surface area contributed by atoms with Crippen LogP contribution in [0.1, 0.15) is 40.4 Å². The number of rotatable bonds is 6. The second-order valence-corrected chi connectivity index (χ2v) is 6.43. The van der Waals surface area contributed by atoms with Gasteiger partial charge in [0.25, 0.3) is 5.91 Å². The zero-order valence-electron chi connectivity index (χ0n) is 14.9. The van der Waals surface area contributed by atoms with Crippen molar-refractivity contribution >= 4 is 5.91 Å². The number of hydrogen-bond donors (Lipinski definition) is 1. The molecule has 1 saturated heterocycles. The fourth-order valence-electron chi connectivity index (χ4n) is 3.35. The van der Waals surface area contributed by atoms with Gasteiger partial charge in [0.2, 0.25) is 0 Å². The number of methoxy groups -OCH3 is 1. The van der Waals surface area contributed by atoms with Crippen molar-refractivity contribution in [3.63, 3.8) is 0 Å². The molecular formula is C21H23N3O2. The molecule has 1 atom stereocenters. The molecule has 1 fully saturated rings. The first-order valence-corrected chi connectivity index (χ1v) is 8.87. The van der Waals surface area contributed by atoms with Gasteiger partial charge in [0.15, 0.2) is 0 Å². The maximum atomic E-state index is 12.5. The van der Waals surface area contributed by atoms with Crippen molar-refractivity contribution in [1.29, 1.82) is 5.26 Å². The highest BCUT2D eigenvalue weighted by molar-refractivity contribution is 5.94. The minimum atomic E-state index is -0.124. The molecule has 1 aliphatic heterocycles. The molecule has 1 N–H and O–H groups in total. The fourth-order valence-corrected chi connectivity index (χ4v) is 3.35. The van der Waals surface area contributed by atoms with E-state index in [4.69, 9.17) is 10.00 Å². The van der Waals surface area contributed by atoms with E-state index in [9.17, 15) is 4.79 Å². The lowest BCUT2D eigenvalue weighted by molar-refractivity contribution is 0.0938. The average Bonchev–Trinajstić information content (AvgIpc) is 3.22. The molecular weight excluding hydrogens is 326 g/mol. The average molecular weight is 349 g/mol. The summed E-state index contributed by atoms with van der Waals surface area (Å²) in [5.74, 6) is 0.701. The Hall–Kier alpha value is -2.84. The van der Waals surface area contributed by atoms with Crippen molar-refractivity contribution in [2.24, 2.45) is 0 Å². The summed E-state index contributed by atoms with van der Waals surface area (Å²) in [5.41, 5.74) is 2.26. The van der Waals surface area contributed by atoms with E-state index < -0.39 is 0 Å². The summed E-state index contributed by atoms with van der Waals surface area (Å²) >= 11 is 0. The Balaban J connectivity index is 1.73. The van der Waals surface area contributed by atoms with Gasteiger partial charge in [-0.1, -0.05) is 12.1 Å². The van der Waals surface area contributed by atoms with Crippen LogP contribution >= 0.6 is 0 Å². The van der Waals surface area contributed by atoms with Crippen molar-refractivity contribution in [3.8, 4) is 11.8 Å². The van der Waals surface area contributed by atoms with Gasteiger partial charge in [-0.2, -0.15) is 5.26 Å². The van der Waals surface area contributed by atoms with E-state index in [1.807, 2.05) is 18.2 Å². The molecule has 2 aromatic rings. The summed E-state index contributed by atoms with van der Waals surface area (Å²) in [5, 5.41) is 11.9. The Morgan fingerprint density at radius 3 is 2.62 bits per heavy atom. The molecule has 5 nitrogen and oxygen atoms in total. The Labute approximate surface area is 154 Å². The maximum Gasteiger partial charge on any atom is 0.251 e. The third-order valence-electron chi connectivity index (χ3n) is 4.79. The predicted molar refractivity (Wildman–Crippen MR) is 100 cm³/mol. The summed E-state index contributed by atoms with van der Waals surface area (Å²) in [4.78, 5) is 14.9. The van der Waals surface area contributed by atoms with E-state index in [1.165, 1.54) is 12.8 Å². The van der Waals surface area contributed by atoms with Crippen LogP contribution in [0.4, 0.5) is 0 Å². The Morgan fingerprint density at radius 2 is 1.96 bits per heavy atom. The van der Waals surface area contributed by atoms with Crippen LogP contribution in [0.15, 0.2) is 48.5 Å². The number of carbonyl (C=O) groups excluding carboxylic acids is 1. The van der Waals surface area contributed by atoms with Gasteiger partial charge in [-0.25, -0.2) is 0 Å². The van der Waals surface area contributed by atoms with Crippen LogP contribution in [0.3, 0.4) is 0 Å². The Kier molecular flexibility index (Phi) is 5.88. The molecule has 1 unspecified atom stereocenters. The Morgan fingerprint density at radius 1 is 1.23 bits per heavy atom. The zero-order valence-corrected chi connectivity index (χ0v) is 14.9. The normalized spacial score (nSPS) is 15.2. The number of hydrogen-bond acceptors (Lipinski definition) is 4. The monoisotopic (exact) mass is 349 g/mol. The van der Waals surface area contributed by atoms with Crippen molar-refractivity contribution < 1.29 is 9.53 Å². The number of amides is 1. The Bertz CT molecular complexity index is 790. The highest BCUT2D eigenvalue weighted by Gasteiger charge is 2.24. The van der Waals surface area contributed by atoms with E-state index in [2.05, 4.69) is 22.4 Å². The number of benzene rings is 2. The molecule has 0 aliphatic carbocycles. The van der Waals surface area contributed by atoms with E-state index in [0.29, 0.717) is 17.7 Å². The first kappa shape index (κ1) is 18.0. The van der Waals surface area contributed by atoms with Crippen LogP contribution in [0.2, 0.25) is 0 Å². The SMILES string of the molecule is COc1cccc(C(CNC(=O)c2ccc(C#N)cc2)N2CCCC2)c1. The molecule has 1 amide bonds. The van der Waals surface area contributed by atoms with Gasteiger partial charge < -0.3 is 10.1 Å². The molecule has 134 valence electrons. The van der Waals surface area contributed by atoms with Crippen LogP contribution in [-0.4, -0.2) is 37.6 Å². The van der Waals surface area contributed by atoms with Gasteiger partial charge in [0, 0.05) is 12.1 Å². The van der Waals surface area contributed by atoms with Gasteiger partial charge in [0.05, 0.1) is 24.8 Å². The smallest absolute Gasteiger partial charge is 0.251 e. The second kappa shape index (κ2) is 8.50. The van der Waals surface area contributed by atoms with Crippen LogP contribution in [0.25, 0.3) is 0 Å². The number of likely N-dealkylation sites (tertiary alicyclic amines) is 1. The molecule has 5 heteroatoms. The molecule has 1 heterocycles. The van der Waals surface area contributed by atoms with Gasteiger partial charge in [-0.15, -0.1) is 0 Å². The summed E-state index contributed by atoms with van der Waals surface area (Å²) in [7, 11) is 1.66. The summed E-state index contributed by atoms with van der Waals surface area (Å²) in [6.45, 7) is 2.61. The predicted octanol–water partition coefficient (Wildman–Crippen LogP) is 3.13. The van der Waals surface area contributed by atoms with Gasteiger partial charge in [-0.3, -0.25) is 9.69 Å². The van der Waals surface area contributed by atoms with E-state index in [-0.39, 0.29) is 11.9 Å².